The van der Waals surface area contributed by atoms with E-state index in [-0.39, 0.29) is 18.1 Å². The topological polar surface area (TPSA) is 59.4 Å². The number of rotatable bonds is 5. The van der Waals surface area contributed by atoms with Gasteiger partial charge in [-0.05, 0) is 0 Å². The second kappa shape index (κ2) is 7.20. The van der Waals surface area contributed by atoms with E-state index < -0.39 is 29.9 Å². The Balaban J connectivity index is 2.09. The zero-order chi connectivity index (χ0) is 17.9. The molecule has 0 spiro atoms. The number of urea groups is 1. The molecule has 24 heavy (non-hydrogen) atoms. The van der Waals surface area contributed by atoms with Gasteiger partial charge < -0.3 is 15.0 Å². The van der Waals surface area contributed by atoms with E-state index in [0.29, 0.717) is 4.57 Å². The molecular formula is C14H14F4N4O2. The molecule has 0 aliphatic heterocycles. The lowest BCUT2D eigenvalue weighted by molar-refractivity contribution is 0.0652. The molecule has 1 aromatic carbocycles. The molecule has 1 heterocycles. The van der Waals surface area contributed by atoms with Crippen molar-refractivity contribution in [2.45, 2.75) is 13.1 Å². The number of hydrogen-bond donors (Lipinski definition) is 1. The van der Waals surface area contributed by atoms with E-state index in [1.165, 1.54) is 20.4 Å². The summed E-state index contributed by atoms with van der Waals surface area (Å²) >= 11 is 0. The average molecular weight is 346 g/mol. The van der Waals surface area contributed by atoms with E-state index in [1.54, 1.807) is 0 Å². The van der Waals surface area contributed by atoms with Gasteiger partial charge in [-0.15, -0.1) is 0 Å². The first-order valence-corrected chi connectivity index (χ1v) is 6.68. The van der Waals surface area contributed by atoms with Crippen LogP contribution in [0.25, 0.3) is 0 Å². The number of carbonyl (C=O) groups excluding carboxylic acids is 1. The summed E-state index contributed by atoms with van der Waals surface area (Å²) in [6.07, 6.45) is 2.25. The summed E-state index contributed by atoms with van der Waals surface area (Å²) in [5.41, 5.74) is -0.401. The molecule has 130 valence electrons. The van der Waals surface area contributed by atoms with Crippen molar-refractivity contribution in [2.75, 3.05) is 19.5 Å². The fourth-order valence-corrected chi connectivity index (χ4v) is 1.92. The average Bonchev–Trinajstić information content (AvgIpc) is 2.98. The molecule has 1 aromatic heterocycles. The smallest absolute Gasteiger partial charge is 0.322 e. The number of benzene rings is 1. The molecule has 0 aliphatic rings. The molecule has 0 atom stereocenters. The van der Waals surface area contributed by atoms with Crippen LogP contribution in [0.3, 0.4) is 0 Å². The third kappa shape index (κ3) is 3.76. The number of carbonyl (C=O) groups is 1. The van der Waals surface area contributed by atoms with Crippen LogP contribution in [-0.4, -0.2) is 34.6 Å². The fourth-order valence-electron chi connectivity index (χ4n) is 1.92. The molecule has 0 unspecified atom stereocenters. The van der Waals surface area contributed by atoms with Crippen molar-refractivity contribution in [3.63, 3.8) is 0 Å². The number of hydrogen-bond acceptors (Lipinski definition) is 3. The third-order valence-electron chi connectivity index (χ3n) is 3.17. The summed E-state index contributed by atoms with van der Waals surface area (Å²) in [4.78, 5) is 16.7. The number of nitrogens with zero attached hydrogens (tertiary/aromatic N) is 3. The standard InChI is InChI=1S/C14H14F4N4O2/c1-21(7-12-19-3-4-22(12)13(17)18)14(23)20-10-5-9(16)11(24-2)6-8(10)15/h3-6,13H,7H2,1-2H3,(H,20,23). The Kier molecular flexibility index (Phi) is 5.27. The predicted molar refractivity (Wildman–Crippen MR) is 76.9 cm³/mol. The van der Waals surface area contributed by atoms with E-state index in [2.05, 4.69) is 15.0 Å². The van der Waals surface area contributed by atoms with Gasteiger partial charge in [-0.3, -0.25) is 4.57 Å². The van der Waals surface area contributed by atoms with E-state index in [0.717, 1.165) is 23.2 Å². The molecule has 0 saturated carbocycles. The van der Waals surface area contributed by atoms with Gasteiger partial charge in [0.15, 0.2) is 17.4 Å². The zero-order valence-corrected chi connectivity index (χ0v) is 12.8. The van der Waals surface area contributed by atoms with Crippen LogP contribution in [0.1, 0.15) is 12.4 Å². The zero-order valence-electron chi connectivity index (χ0n) is 12.8. The lowest BCUT2D eigenvalue weighted by Gasteiger charge is -2.18. The number of aromatic nitrogens is 2. The van der Waals surface area contributed by atoms with Crippen molar-refractivity contribution in [1.82, 2.24) is 14.5 Å². The number of alkyl halides is 2. The Bertz CT molecular complexity index is 736. The molecule has 0 fully saturated rings. The molecule has 0 saturated heterocycles. The Labute approximate surface area is 134 Å². The minimum Gasteiger partial charge on any atom is -0.494 e. The van der Waals surface area contributed by atoms with Gasteiger partial charge in [-0.1, -0.05) is 0 Å². The van der Waals surface area contributed by atoms with Crippen molar-refractivity contribution >= 4 is 11.7 Å². The monoisotopic (exact) mass is 346 g/mol. The van der Waals surface area contributed by atoms with Gasteiger partial charge in [0.05, 0.1) is 19.3 Å². The van der Waals surface area contributed by atoms with Crippen LogP contribution in [-0.2, 0) is 6.54 Å². The highest BCUT2D eigenvalue weighted by Gasteiger charge is 2.18. The lowest BCUT2D eigenvalue weighted by atomic mass is 10.2. The quantitative estimate of drug-likeness (QED) is 0.846. The number of imidazole rings is 1. The summed E-state index contributed by atoms with van der Waals surface area (Å²) in [6.45, 7) is -3.05. The van der Waals surface area contributed by atoms with Crippen LogP contribution >= 0.6 is 0 Å². The van der Waals surface area contributed by atoms with Crippen LogP contribution in [0.5, 0.6) is 5.75 Å². The van der Waals surface area contributed by atoms with E-state index in [4.69, 9.17) is 0 Å². The Morgan fingerprint density at radius 2 is 2.08 bits per heavy atom. The first-order valence-electron chi connectivity index (χ1n) is 6.68. The minimum atomic E-state index is -2.80. The Hall–Kier alpha value is -2.78. The molecule has 0 radical (unpaired) electrons. The van der Waals surface area contributed by atoms with Gasteiger partial charge in [0, 0.05) is 31.6 Å². The van der Waals surface area contributed by atoms with Crippen LogP contribution in [0.2, 0.25) is 0 Å². The maximum Gasteiger partial charge on any atom is 0.322 e. The maximum atomic E-state index is 13.8. The van der Waals surface area contributed by atoms with Gasteiger partial charge in [0.25, 0.3) is 0 Å². The Morgan fingerprint density at radius 1 is 1.38 bits per heavy atom. The van der Waals surface area contributed by atoms with E-state index in [1.807, 2.05) is 0 Å². The summed E-state index contributed by atoms with van der Waals surface area (Å²) in [5, 5.41) is 2.16. The highest BCUT2D eigenvalue weighted by atomic mass is 19.3. The Morgan fingerprint density at radius 3 is 2.71 bits per heavy atom. The van der Waals surface area contributed by atoms with Crippen molar-refractivity contribution in [1.29, 1.82) is 0 Å². The largest absolute Gasteiger partial charge is 0.494 e. The van der Waals surface area contributed by atoms with Crippen molar-refractivity contribution in [3.05, 3.63) is 42.0 Å². The van der Waals surface area contributed by atoms with Gasteiger partial charge in [-0.25, -0.2) is 18.6 Å². The summed E-state index contributed by atoms with van der Waals surface area (Å²) < 4.78 is 58.0. The van der Waals surface area contributed by atoms with E-state index >= 15 is 0 Å². The number of amides is 2. The molecule has 2 amide bonds. The molecular weight excluding hydrogens is 332 g/mol. The number of anilines is 1. The highest BCUT2D eigenvalue weighted by molar-refractivity contribution is 5.89. The van der Waals surface area contributed by atoms with Crippen molar-refractivity contribution < 1.29 is 27.1 Å². The highest BCUT2D eigenvalue weighted by Crippen LogP contribution is 2.25. The fraction of sp³-hybridized carbons (Fsp3) is 0.286. The van der Waals surface area contributed by atoms with E-state index in [9.17, 15) is 22.4 Å². The molecule has 2 aromatic rings. The molecule has 1 N–H and O–H groups in total. The maximum absolute atomic E-state index is 13.8. The summed E-state index contributed by atoms with van der Waals surface area (Å²) in [7, 11) is 2.48. The lowest BCUT2D eigenvalue weighted by Crippen LogP contribution is -2.32. The van der Waals surface area contributed by atoms with Crippen LogP contribution in [0.4, 0.5) is 28.0 Å². The van der Waals surface area contributed by atoms with Gasteiger partial charge >= 0.3 is 12.6 Å². The first-order chi connectivity index (χ1) is 11.3. The number of nitrogens with one attached hydrogen (secondary N) is 1. The molecule has 10 heteroatoms. The van der Waals surface area contributed by atoms with Crippen LogP contribution in [0.15, 0.2) is 24.5 Å². The second-order valence-corrected chi connectivity index (χ2v) is 4.78. The minimum absolute atomic E-state index is 0.0518. The number of methoxy groups -OCH3 is 1. The normalized spacial score (nSPS) is 10.8. The SMILES string of the molecule is COc1cc(F)c(NC(=O)N(C)Cc2nccn2C(F)F)cc1F. The predicted octanol–water partition coefficient (Wildman–Crippen LogP) is 3.23. The summed E-state index contributed by atoms with van der Waals surface area (Å²) in [6, 6.07) is 0.733. The molecule has 0 aliphatic carbocycles. The molecule has 2 rings (SSSR count). The summed E-state index contributed by atoms with van der Waals surface area (Å²) in [5.74, 6) is -2.11. The van der Waals surface area contributed by atoms with Gasteiger partial charge in [0.2, 0.25) is 0 Å². The van der Waals surface area contributed by atoms with Crippen LogP contribution < -0.4 is 10.1 Å². The first kappa shape index (κ1) is 17.6. The van der Waals surface area contributed by atoms with Crippen LogP contribution in [0, 0.1) is 11.6 Å². The third-order valence-corrected chi connectivity index (χ3v) is 3.17. The molecule has 6 nitrogen and oxygen atoms in total. The van der Waals surface area contributed by atoms with Gasteiger partial charge in [0.1, 0.15) is 5.82 Å². The van der Waals surface area contributed by atoms with Crippen molar-refractivity contribution in [2.24, 2.45) is 0 Å². The number of halogens is 4. The van der Waals surface area contributed by atoms with Crippen molar-refractivity contribution in [3.8, 4) is 5.75 Å². The van der Waals surface area contributed by atoms with Gasteiger partial charge in [-0.2, -0.15) is 8.78 Å². The number of ether oxygens (including phenoxy) is 1. The second-order valence-electron chi connectivity index (χ2n) is 4.78. The molecule has 0 bridgehead atoms.